The highest BCUT2D eigenvalue weighted by Crippen LogP contribution is 2.14. The van der Waals surface area contributed by atoms with Crippen LogP contribution < -0.4 is 9.64 Å². The van der Waals surface area contributed by atoms with E-state index >= 15 is 0 Å². The van der Waals surface area contributed by atoms with Gasteiger partial charge >= 0.3 is 5.97 Å². The minimum absolute atomic E-state index is 0.268. The van der Waals surface area contributed by atoms with Gasteiger partial charge in [0.1, 0.15) is 25.0 Å². The molecule has 0 aliphatic carbocycles. The summed E-state index contributed by atoms with van der Waals surface area (Å²) in [7, 11) is 1.35. The Labute approximate surface area is 138 Å². The van der Waals surface area contributed by atoms with Crippen molar-refractivity contribution in [3.8, 4) is 5.75 Å². The van der Waals surface area contributed by atoms with Gasteiger partial charge in [0.25, 0.3) is 0 Å². The third-order valence-electron chi connectivity index (χ3n) is 4.32. The number of piperidine rings is 1. The first kappa shape index (κ1) is 17.8. The largest absolute Gasteiger partial charge is 0.491 e. The maximum absolute atomic E-state index is 11.4. The topological polar surface area (TPSA) is 60.2 Å². The first-order valence-electron chi connectivity index (χ1n) is 8.30. The Morgan fingerprint density at radius 3 is 2.43 bits per heavy atom. The zero-order valence-electron chi connectivity index (χ0n) is 14.2. The highest BCUT2D eigenvalue weighted by molar-refractivity contribution is 5.89. The van der Waals surface area contributed by atoms with Crippen LogP contribution in [-0.4, -0.2) is 50.5 Å². The van der Waals surface area contributed by atoms with Crippen LogP contribution in [0.5, 0.6) is 5.75 Å². The first-order chi connectivity index (χ1) is 11.0. The van der Waals surface area contributed by atoms with Crippen LogP contribution in [0.3, 0.4) is 0 Å². The van der Waals surface area contributed by atoms with Gasteiger partial charge in [0, 0.05) is 11.8 Å². The molecule has 1 saturated heterocycles. The van der Waals surface area contributed by atoms with Gasteiger partial charge in [0.2, 0.25) is 0 Å². The summed E-state index contributed by atoms with van der Waals surface area (Å²) < 4.78 is 10.3. The summed E-state index contributed by atoms with van der Waals surface area (Å²) in [6.07, 6.45) is 0.797. The van der Waals surface area contributed by atoms with Crippen LogP contribution in [0.15, 0.2) is 24.3 Å². The SMILES string of the molecule is COC(=O)c1ccc(OC[C@@H](O)C[NH+]2C[C@@H](C)C[C@H](C)C2)cc1. The van der Waals surface area contributed by atoms with E-state index in [0.717, 1.165) is 19.6 Å². The van der Waals surface area contributed by atoms with E-state index in [2.05, 4.69) is 18.6 Å². The van der Waals surface area contributed by atoms with Crippen LogP contribution in [0, 0.1) is 11.8 Å². The molecule has 0 aromatic heterocycles. The molecule has 0 unspecified atom stereocenters. The Hall–Kier alpha value is -1.59. The average molecular weight is 322 g/mol. The Morgan fingerprint density at radius 1 is 1.26 bits per heavy atom. The van der Waals surface area contributed by atoms with Crippen molar-refractivity contribution in [1.29, 1.82) is 0 Å². The van der Waals surface area contributed by atoms with Gasteiger partial charge in [-0.3, -0.25) is 0 Å². The van der Waals surface area contributed by atoms with Gasteiger partial charge in [-0.25, -0.2) is 4.79 Å². The van der Waals surface area contributed by atoms with Crippen molar-refractivity contribution in [2.75, 3.05) is 33.4 Å². The third-order valence-corrected chi connectivity index (χ3v) is 4.32. The number of aliphatic hydroxyl groups is 1. The fraction of sp³-hybridized carbons (Fsp3) is 0.611. The molecule has 2 rings (SSSR count). The van der Waals surface area contributed by atoms with Gasteiger partial charge in [-0.15, -0.1) is 0 Å². The summed E-state index contributed by atoms with van der Waals surface area (Å²) in [6, 6.07) is 6.76. The molecule has 5 heteroatoms. The highest BCUT2D eigenvalue weighted by Gasteiger charge is 2.26. The molecule has 23 heavy (non-hydrogen) atoms. The number of benzene rings is 1. The van der Waals surface area contributed by atoms with Crippen LogP contribution in [-0.2, 0) is 4.74 Å². The molecule has 0 bridgehead atoms. The minimum Gasteiger partial charge on any atom is -0.491 e. The number of nitrogens with one attached hydrogen (secondary N) is 1. The number of esters is 1. The van der Waals surface area contributed by atoms with Gasteiger partial charge in [-0.1, -0.05) is 13.8 Å². The average Bonchev–Trinajstić information content (AvgIpc) is 2.51. The molecule has 0 amide bonds. The number of carbonyl (C=O) groups is 1. The van der Waals surface area contributed by atoms with Crippen molar-refractivity contribution in [3.63, 3.8) is 0 Å². The maximum atomic E-state index is 11.4. The number of methoxy groups -OCH3 is 1. The number of hydrogen-bond acceptors (Lipinski definition) is 4. The lowest BCUT2D eigenvalue weighted by molar-refractivity contribution is -0.915. The predicted octanol–water partition coefficient (Wildman–Crippen LogP) is 0.774. The number of likely N-dealkylation sites (tertiary alicyclic amines) is 1. The predicted molar refractivity (Wildman–Crippen MR) is 87.8 cm³/mol. The molecule has 128 valence electrons. The van der Waals surface area contributed by atoms with Gasteiger partial charge in [0.05, 0.1) is 25.8 Å². The van der Waals surface area contributed by atoms with Crippen LogP contribution in [0.1, 0.15) is 30.6 Å². The second kappa shape index (κ2) is 8.31. The molecule has 1 aliphatic rings. The Kier molecular flexibility index (Phi) is 6.42. The van der Waals surface area contributed by atoms with Gasteiger partial charge in [0.15, 0.2) is 0 Å². The van der Waals surface area contributed by atoms with Crippen LogP contribution in [0.25, 0.3) is 0 Å². The van der Waals surface area contributed by atoms with E-state index in [1.807, 2.05) is 0 Å². The summed E-state index contributed by atoms with van der Waals surface area (Å²) in [5.74, 6) is 1.71. The van der Waals surface area contributed by atoms with Crippen molar-refractivity contribution in [2.24, 2.45) is 11.8 Å². The lowest BCUT2D eigenvalue weighted by Gasteiger charge is -2.33. The second-order valence-corrected chi connectivity index (χ2v) is 6.79. The fourth-order valence-corrected chi connectivity index (χ4v) is 3.48. The summed E-state index contributed by atoms with van der Waals surface area (Å²) in [4.78, 5) is 12.8. The van der Waals surface area contributed by atoms with Crippen LogP contribution in [0.2, 0.25) is 0 Å². The summed E-state index contributed by atoms with van der Waals surface area (Å²) in [6.45, 7) is 7.78. The summed E-state index contributed by atoms with van der Waals surface area (Å²) in [5.41, 5.74) is 0.487. The molecular weight excluding hydrogens is 294 g/mol. The molecule has 1 aromatic carbocycles. The number of carbonyl (C=O) groups excluding carboxylic acids is 1. The van der Waals surface area contributed by atoms with E-state index < -0.39 is 6.10 Å². The zero-order valence-corrected chi connectivity index (χ0v) is 14.2. The first-order valence-corrected chi connectivity index (χ1v) is 8.30. The van der Waals surface area contributed by atoms with Gasteiger partial charge in [-0.2, -0.15) is 0 Å². The highest BCUT2D eigenvalue weighted by atomic mass is 16.5. The Morgan fingerprint density at radius 2 is 1.87 bits per heavy atom. The molecule has 1 aromatic rings. The monoisotopic (exact) mass is 322 g/mol. The van der Waals surface area contributed by atoms with Gasteiger partial charge in [-0.05, 0) is 30.7 Å². The Balaban J connectivity index is 1.77. The summed E-state index contributed by atoms with van der Waals surface area (Å²) in [5, 5.41) is 10.2. The zero-order chi connectivity index (χ0) is 16.8. The molecule has 0 radical (unpaired) electrons. The third kappa shape index (κ3) is 5.52. The van der Waals surface area contributed by atoms with E-state index in [0.29, 0.717) is 23.1 Å². The van der Waals surface area contributed by atoms with Gasteiger partial charge < -0.3 is 19.5 Å². The van der Waals surface area contributed by atoms with E-state index in [1.165, 1.54) is 18.4 Å². The molecule has 1 heterocycles. The van der Waals surface area contributed by atoms with Crippen LogP contribution >= 0.6 is 0 Å². The van der Waals surface area contributed by atoms with Crippen molar-refractivity contribution < 1.29 is 24.3 Å². The molecule has 3 atom stereocenters. The minimum atomic E-state index is -0.484. The number of ether oxygens (including phenoxy) is 2. The lowest BCUT2D eigenvalue weighted by atomic mass is 9.92. The standard InChI is InChI=1S/C18H27NO4/c1-13-8-14(2)10-19(9-13)11-16(20)12-23-17-6-4-15(5-7-17)18(21)22-3/h4-7,13-14,16,20H,8-12H2,1-3H3/p+1/t13-,14-,16-/m0/s1. The quantitative estimate of drug-likeness (QED) is 0.760. The molecule has 1 fully saturated rings. The molecule has 1 aliphatic heterocycles. The fourth-order valence-electron chi connectivity index (χ4n) is 3.48. The van der Waals surface area contributed by atoms with Crippen LogP contribution in [0.4, 0.5) is 0 Å². The summed E-state index contributed by atoms with van der Waals surface area (Å²) >= 11 is 0. The lowest BCUT2D eigenvalue weighted by Crippen LogP contribution is -3.15. The molecule has 0 spiro atoms. The smallest absolute Gasteiger partial charge is 0.337 e. The van der Waals surface area contributed by atoms with E-state index in [4.69, 9.17) is 4.74 Å². The van der Waals surface area contributed by atoms with E-state index in [9.17, 15) is 9.90 Å². The molecule has 0 saturated carbocycles. The van der Waals surface area contributed by atoms with Crippen molar-refractivity contribution in [1.82, 2.24) is 0 Å². The van der Waals surface area contributed by atoms with E-state index in [1.54, 1.807) is 24.3 Å². The van der Waals surface area contributed by atoms with Crippen molar-refractivity contribution >= 4 is 5.97 Å². The molecular formula is C18H28NO4+. The number of quaternary nitrogens is 1. The van der Waals surface area contributed by atoms with E-state index in [-0.39, 0.29) is 12.6 Å². The maximum Gasteiger partial charge on any atom is 0.337 e. The second-order valence-electron chi connectivity index (χ2n) is 6.79. The normalized spacial score (nSPS) is 25.7. The number of hydrogen-bond donors (Lipinski definition) is 2. The number of aliphatic hydroxyl groups excluding tert-OH is 1. The number of rotatable bonds is 6. The molecule has 5 nitrogen and oxygen atoms in total. The molecule has 2 N–H and O–H groups in total. The van der Waals surface area contributed by atoms with Crippen molar-refractivity contribution in [3.05, 3.63) is 29.8 Å². The van der Waals surface area contributed by atoms with Crippen molar-refractivity contribution in [2.45, 2.75) is 26.4 Å². The Bertz CT molecular complexity index is 492.